The highest BCUT2D eigenvalue weighted by Crippen LogP contribution is 2.34. The van der Waals surface area contributed by atoms with E-state index in [1.807, 2.05) is 6.26 Å². The van der Waals surface area contributed by atoms with Gasteiger partial charge in [-0.15, -0.1) is 11.8 Å². The van der Waals surface area contributed by atoms with Crippen molar-refractivity contribution in [2.45, 2.75) is 36.5 Å². The predicted octanol–water partition coefficient (Wildman–Crippen LogP) is 1.22. The zero-order valence-corrected chi connectivity index (χ0v) is 12.8. The minimum absolute atomic E-state index is 0.0891. The average molecular weight is 304 g/mol. The van der Waals surface area contributed by atoms with Gasteiger partial charge in [0.2, 0.25) is 10.0 Å². The van der Waals surface area contributed by atoms with Crippen molar-refractivity contribution in [1.82, 2.24) is 4.31 Å². The lowest BCUT2D eigenvalue weighted by Crippen LogP contribution is -2.46. The summed E-state index contributed by atoms with van der Waals surface area (Å²) >= 11 is 1.53. The molecule has 0 aromatic carbocycles. The first-order valence-corrected chi connectivity index (χ1v) is 9.40. The van der Waals surface area contributed by atoms with Gasteiger partial charge in [-0.05, 0) is 31.9 Å². The number of nitrogens with zero attached hydrogens (tertiary/aromatic N) is 2. The Hall–Kier alpha value is -0.290. The Morgan fingerprint density at radius 3 is 2.63 bits per heavy atom. The number of nitriles is 1. The molecule has 0 aromatic rings. The molecule has 5 nitrogen and oxygen atoms in total. The van der Waals surface area contributed by atoms with Crippen LogP contribution >= 0.6 is 11.8 Å². The molecule has 0 N–H and O–H groups in total. The number of thioether (sulfide) groups is 1. The molecule has 0 amide bonds. The van der Waals surface area contributed by atoms with Crippen molar-refractivity contribution in [2.24, 2.45) is 0 Å². The van der Waals surface area contributed by atoms with Gasteiger partial charge in [-0.3, -0.25) is 0 Å². The molecular weight excluding hydrogens is 284 g/mol. The Morgan fingerprint density at radius 2 is 2.16 bits per heavy atom. The Kier molecular flexibility index (Phi) is 4.77. The molecule has 19 heavy (non-hydrogen) atoms. The lowest BCUT2D eigenvalue weighted by molar-refractivity contribution is 0.126. The Morgan fingerprint density at radius 1 is 1.47 bits per heavy atom. The molecule has 1 atom stereocenters. The third-order valence-corrected chi connectivity index (χ3v) is 7.16. The van der Waals surface area contributed by atoms with Crippen LogP contribution in [-0.4, -0.2) is 55.3 Å². The maximum absolute atomic E-state index is 12.3. The van der Waals surface area contributed by atoms with Gasteiger partial charge in [-0.1, -0.05) is 0 Å². The van der Waals surface area contributed by atoms with E-state index in [1.165, 1.54) is 16.1 Å². The molecule has 2 aliphatic rings. The van der Waals surface area contributed by atoms with Gasteiger partial charge in [0.15, 0.2) is 0 Å². The molecule has 0 aromatic heterocycles. The van der Waals surface area contributed by atoms with E-state index in [9.17, 15) is 13.7 Å². The van der Waals surface area contributed by atoms with E-state index < -0.39 is 14.8 Å². The monoisotopic (exact) mass is 304 g/mol. The van der Waals surface area contributed by atoms with Crippen LogP contribution in [0.15, 0.2) is 0 Å². The van der Waals surface area contributed by atoms with E-state index in [2.05, 4.69) is 6.07 Å². The van der Waals surface area contributed by atoms with Crippen molar-refractivity contribution >= 4 is 21.8 Å². The van der Waals surface area contributed by atoms with Gasteiger partial charge in [0, 0.05) is 19.7 Å². The summed E-state index contributed by atoms with van der Waals surface area (Å²) in [6, 6.07) is 2.33. The van der Waals surface area contributed by atoms with Crippen LogP contribution in [-0.2, 0) is 14.8 Å². The molecule has 2 heterocycles. The van der Waals surface area contributed by atoms with E-state index in [0.29, 0.717) is 32.5 Å². The molecule has 2 rings (SSSR count). The van der Waals surface area contributed by atoms with Gasteiger partial charge in [-0.25, -0.2) is 12.7 Å². The quantitative estimate of drug-likeness (QED) is 0.781. The highest BCUT2D eigenvalue weighted by atomic mass is 32.2. The first-order chi connectivity index (χ1) is 9.01. The number of rotatable bonds is 4. The molecule has 7 heteroatoms. The minimum atomic E-state index is -3.24. The summed E-state index contributed by atoms with van der Waals surface area (Å²) in [6.07, 6.45) is 4.77. The smallest absolute Gasteiger partial charge is 0.216 e. The summed E-state index contributed by atoms with van der Waals surface area (Å²) in [4.78, 5) is 0. The van der Waals surface area contributed by atoms with E-state index in [1.54, 1.807) is 0 Å². The third kappa shape index (κ3) is 3.43. The van der Waals surface area contributed by atoms with Gasteiger partial charge >= 0.3 is 0 Å². The highest BCUT2D eigenvalue weighted by Gasteiger charge is 2.38. The minimum Gasteiger partial charge on any atom is -0.377 e. The fourth-order valence-corrected chi connectivity index (χ4v) is 4.97. The molecule has 0 aliphatic carbocycles. The zero-order valence-electron chi connectivity index (χ0n) is 11.2. The second kappa shape index (κ2) is 6.00. The molecule has 0 bridgehead atoms. The second-order valence-corrected chi connectivity index (χ2v) is 8.33. The summed E-state index contributed by atoms with van der Waals surface area (Å²) < 4.78 is 31.1. The van der Waals surface area contributed by atoms with Crippen LogP contribution in [0.4, 0.5) is 0 Å². The van der Waals surface area contributed by atoms with Crippen LogP contribution in [0.3, 0.4) is 0 Å². The number of hydrogen-bond donors (Lipinski definition) is 0. The standard InChI is InChI=1S/C12H20N2O3S2/c1-18-12(10-13)4-6-14(7-5-12)19(15,16)9-11-3-2-8-17-11/h11H,2-9H2,1H3. The maximum Gasteiger partial charge on any atom is 0.216 e. The van der Waals surface area contributed by atoms with E-state index in [0.717, 1.165) is 12.8 Å². The van der Waals surface area contributed by atoms with Crippen LogP contribution in [0, 0.1) is 11.3 Å². The zero-order chi connectivity index (χ0) is 13.9. The first-order valence-electron chi connectivity index (χ1n) is 6.57. The SMILES string of the molecule is CSC1(C#N)CCN(S(=O)(=O)CC2CCCO2)CC1. The molecule has 0 radical (unpaired) electrons. The molecule has 2 aliphatic heterocycles. The third-order valence-electron chi connectivity index (χ3n) is 3.94. The van der Waals surface area contributed by atoms with Gasteiger partial charge in [0.05, 0.1) is 17.9 Å². The average Bonchev–Trinajstić information content (AvgIpc) is 2.91. The molecule has 1 unspecified atom stereocenters. The Bertz CT molecular complexity index is 444. The first kappa shape index (κ1) is 15.1. The number of sulfonamides is 1. The Balaban J connectivity index is 1.94. The number of ether oxygens (including phenoxy) is 1. The van der Waals surface area contributed by atoms with Crippen molar-refractivity contribution in [1.29, 1.82) is 5.26 Å². The molecular formula is C12H20N2O3S2. The van der Waals surface area contributed by atoms with Crippen LogP contribution in [0.2, 0.25) is 0 Å². The summed E-state index contributed by atoms with van der Waals surface area (Å²) in [5.74, 6) is 0.0891. The van der Waals surface area contributed by atoms with Gasteiger partial charge in [-0.2, -0.15) is 5.26 Å². The second-order valence-electron chi connectivity index (χ2n) is 5.12. The highest BCUT2D eigenvalue weighted by molar-refractivity contribution is 8.00. The van der Waals surface area contributed by atoms with Crippen molar-refractivity contribution in [2.75, 3.05) is 31.7 Å². The molecule has 2 fully saturated rings. The van der Waals surface area contributed by atoms with Crippen molar-refractivity contribution in [3.63, 3.8) is 0 Å². The summed E-state index contributed by atoms with van der Waals surface area (Å²) in [7, 11) is -3.24. The van der Waals surface area contributed by atoms with Crippen LogP contribution in [0.5, 0.6) is 0 Å². The lowest BCUT2D eigenvalue weighted by atomic mass is 9.99. The van der Waals surface area contributed by atoms with Crippen LogP contribution < -0.4 is 0 Å². The van der Waals surface area contributed by atoms with E-state index >= 15 is 0 Å². The van der Waals surface area contributed by atoms with Crippen LogP contribution in [0.1, 0.15) is 25.7 Å². The summed E-state index contributed by atoms with van der Waals surface area (Å²) in [5, 5.41) is 9.20. The van der Waals surface area contributed by atoms with E-state index in [4.69, 9.17) is 4.74 Å². The number of piperidine rings is 1. The van der Waals surface area contributed by atoms with Crippen LogP contribution in [0.25, 0.3) is 0 Å². The molecule has 2 saturated heterocycles. The topological polar surface area (TPSA) is 70.4 Å². The number of hydrogen-bond acceptors (Lipinski definition) is 5. The molecule has 108 valence electrons. The molecule has 0 saturated carbocycles. The largest absolute Gasteiger partial charge is 0.377 e. The van der Waals surface area contributed by atoms with Crippen molar-refractivity contribution < 1.29 is 13.2 Å². The predicted molar refractivity (Wildman–Crippen MR) is 75.4 cm³/mol. The molecule has 0 spiro atoms. The van der Waals surface area contributed by atoms with E-state index in [-0.39, 0.29) is 11.9 Å². The van der Waals surface area contributed by atoms with Gasteiger partial charge < -0.3 is 4.74 Å². The van der Waals surface area contributed by atoms with Gasteiger partial charge in [0.1, 0.15) is 4.75 Å². The summed E-state index contributed by atoms with van der Waals surface area (Å²) in [5.41, 5.74) is 0. The fraction of sp³-hybridized carbons (Fsp3) is 0.917. The maximum atomic E-state index is 12.3. The van der Waals surface area contributed by atoms with Gasteiger partial charge in [0.25, 0.3) is 0 Å². The fourth-order valence-electron chi connectivity index (χ4n) is 2.60. The van der Waals surface area contributed by atoms with Crippen molar-refractivity contribution in [3.05, 3.63) is 0 Å². The summed E-state index contributed by atoms with van der Waals surface area (Å²) in [6.45, 7) is 1.57. The normalized spacial score (nSPS) is 28.1. The van der Waals surface area contributed by atoms with Crippen molar-refractivity contribution in [3.8, 4) is 6.07 Å². The Labute approximate surface area is 119 Å². The lowest BCUT2D eigenvalue weighted by Gasteiger charge is -2.35.